The molecule has 55 heavy (non-hydrogen) atoms. The first kappa shape index (κ1) is 41.5. The van der Waals surface area contributed by atoms with E-state index in [4.69, 9.17) is 28.4 Å². The third-order valence-electron chi connectivity index (χ3n) is 11.4. The average Bonchev–Trinajstić information content (AvgIpc) is 3.35. The summed E-state index contributed by atoms with van der Waals surface area (Å²) in [5.74, 6) is -6.04. The Balaban J connectivity index is 1.17. The van der Waals surface area contributed by atoms with Crippen LogP contribution >= 0.6 is 0 Å². The third kappa shape index (κ3) is 7.81. The van der Waals surface area contributed by atoms with Crippen molar-refractivity contribution < 1.29 is 93.9 Å². The summed E-state index contributed by atoms with van der Waals surface area (Å²) in [5, 5.41) is 109. The fraction of sp³-hybridized carbons (Fsp3) is 0.743. The van der Waals surface area contributed by atoms with E-state index in [9.17, 15) is 65.4 Å². The molecule has 1 amide bonds. The maximum atomic E-state index is 13.7. The van der Waals surface area contributed by atoms with Gasteiger partial charge in [0, 0.05) is 25.7 Å². The van der Waals surface area contributed by atoms with Crippen LogP contribution in [-0.2, 0) is 38.0 Å². The van der Waals surface area contributed by atoms with Crippen LogP contribution in [0.25, 0.3) is 0 Å². The second kappa shape index (κ2) is 16.0. The van der Waals surface area contributed by atoms with Gasteiger partial charge in [0.1, 0.15) is 72.3 Å². The molecule has 5 fully saturated rings. The summed E-state index contributed by atoms with van der Waals surface area (Å²) in [6, 6.07) is 3.89. The van der Waals surface area contributed by atoms with E-state index in [0.717, 1.165) is 6.92 Å². The van der Waals surface area contributed by atoms with Crippen molar-refractivity contribution in [2.24, 2.45) is 11.8 Å². The van der Waals surface area contributed by atoms with E-state index < -0.39 is 146 Å². The van der Waals surface area contributed by atoms with Crippen LogP contribution < -0.4 is 5.32 Å². The number of aliphatic hydroxyl groups excluding tert-OH is 8. The van der Waals surface area contributed by atoms with E-state index in [1.165, 1.54) is 24.3 Å². The smallest absolute Gasteiger partial charge is 0.338 e. The first-order chi connectivity index (χ1) is 25.9. The molecule has 2 saturated carbocycles. The number of carbonyl (C=O) groups is 3. The normalized spacial score (nSPS) is 45.7. The summed E-state index contributed by atoms with van der Waals surface area (Å²) >= 11 is 0. The molecule has 1 aromatic rings. The summed E-state index contributed by atoms with van der Waals surface area (Å²) in [6.45, 7) is 1.97. The van der Waals surface area contributed by atoms with Crippen molar-refractivity contribution in [2.75, 3.05) is 13.2 Å². The minimum atomic E-state index is -2.35. The van der Waals surface area contributed by atoms with Crippen LogP contribution in [0.1, 0.15) is 49.9 Å². The zero-order valence-corrected chi connectivity index (χ0v) is 29.9. The Labute approximate surface area is 314 Å². The molecule has 1 spiro atoms. The lowest BCUT2D eigenvalue weighted by Crippen LogP contribution is -2.67. The molecular formula is C35H49NO19. The van der Waals surface area contributed by atoms with E-state index in [-0.39, 0.29) is 30.8 Å². The molecule has 3 saturated heterocycles. The SMILES string of the molecule is CC(=O)N[C@H]1C(O[C@@H]2[C@@H](O)[C@H](O)[C@@H](O)C[C@H]2OC(=O)[C@H]2C[C@H](O)[C@@]3(O)[C@@H](C2)O[C@@]2(C[C@H](OC(=O)c4ccc(O)cc4)[C@H](C)CO2)[C@@H]3O)O[C@H](CO)[C@@H](O)[C@@H]1O. The van der Waals surface area contributed by atoms with Gasteiger partial charge >= 0.3 is 11.9 Å². The molecule has 3 heterocycles. The zero-order chi connectivity index (χ0) is 40.1. The van der Waals surface area contributed by atoms with Gasteiger partial charge in [0.2, 0.25) is 11.7 Å². The molecule has 1 aromatic carbocycles. The Kier molecular flexibility index (Phi) is 12.1. The number of aromatic hydroxyl groups is 1. The van der Waals surface area contributed by atoms with Gasteiger partial charge in [-0.3, -0.25) is 9.59 Å². The number of phenolic OH excluding ortho intramolecular Hbond substituents is 1. The third-order valence-corrected chi connectivity index (χ3v) is 11.4. The van der Waals surface area contributed by atoms with E-state index in [1.807, 2.05) is 0 Å². The second-order valence-corrected chi connectivity index (χ2v) is 15.2. The van der Waals surface area contributed by atoms with Crippen molar-refractivity contribution >= 4 is 17.8 Å². The Morgan fingerprint density at radius 3 is 2.25 bits per heavy atom. The predicted octanol–water partition coefficient (Wildman–Crippen LogP) is -4.34. The van der Waals surface area contributed by atoms with Crippen LogP contribution in [0, 0.1) is 11.8 Å². The summed E-state index contributed by atoms with van der Waals surface area (Å²) in [4.78, 5) is 38.6. The molecule has 11 N–H and O–H groups in total. The number of phenols is 1. The van der Waals surface area contributed by atoms with Gasteiger partial charge in [-0.15, -0.1) is 0 Å². The molecule has 0 bridgehead atoms. The van der Waals surface area contributed by atoms with Gasteiger partial charge in [0.15, 0.2) is 6.29 Å². The number of esters is 2. The monoisotopic (exact) mass is 787 g/mol. The summed E-state index contributed by atoms with van der Waals surface area (Å²) in [6.07, 6.45) is -22.6. The standard InChI is InChI=1S/C35H49NO19/c1-13-12-50-34(10-20(13)52-30(46)15-3-5-17(39)6-4-15)33(48)35(49)22(41)7-16(8-23(35)55-34)31(47)51-19-9-18(40)25(42)28(45)29(19)54-32-24(36-14(2)38)27(44)26(43)21(11-37)53-32/h3-6,13,16,18-29,32-33,37,39-45,48-49H,7-12H2,1-2H3,(H,36,38)/t13-,16+,18+,19-,20+,21-,22+,23-,24-,25-,26-,27-,28+,29+,32?,33+,34+,35-/m1/s1. The Morgan fingerprint density at radius 2 is 1.60 bits per heavy atom. The van der Waals surface area contributed by atoms with Crippen LogP contribution in [0.4, 0.5) is 0 Å². The fourth-order valence-electron chi connectivity index (χ4n) is 8.14. The average molecular weight is 788 g/mol. The van der Waals surface area contributed by atoms with Gasteiger partial charge in [0.25, 0.3) is 0 Å². The number of hydrogen-bond donors (Lipinski definition) is 11. The molecule has 20 nitrogen and oxygen atoms in total. The van der Waals surface area contributed by atoms with Crippen molar-refractivity contribution in [3.8, 4) is 5.75 Å². The number of nitrogens with one attached hydrogen (secondary N) is 1. The molecule has 5 aliphatic rings. The maximum Gasteiger partial charge on any atom is 0.338 e. The fourth-order valence-corrected chi connectivity index (χ4v) is 8.14. The highest BCUT2D eigenvalue weighted by atomic mass is 16.7. The van der Waals surface area contributed by atoms with Crippen molar-refractivity contribution in [2.45, 2.75) is 136 Å². The maximum absolute atomic E-state index is 13.7. The first-order valence-electron chi connectivity index (χ1n) is 18.1. The Hall–Kier alpha value is -3.09. The molecule has 18 atom stereocenters. The summed E-state index contributed by atoms with van der Waals surface area (Å²) in [5.41, 5.74) is -2.20. The summed E-state index contributed by atoms with van der Waals surface area (Å²) in [7, 11) is 0. The number of aliphatic hydroxyl groups is 9. The number of amides is 1. The molecule has 0 aromatic heterocycles. The van der Waals surface area contributed by atoms with E-state index in [0.29, 0.717) is 0 Å². The zero-order valence-electron chi connectivity index (χ0n) is 29.9. The largest absolute Gasteiger partial charge is 0.508 e. The van der Waals surface area contributed by atoms with Crippen molar-refractivity contribution in [3.05, 3.63) is 29.8 Å². The number of carbonyl (C=O) groups excluding carboxylic acids is 3. The Bertz CT molecular complexity index is 1550. The predicted molar refractivity (Wildman–Crippen MR) is 177 cm³/mol. The number of hydrogen-bond acceptors (Lipinski definition) is 19. The summed E-state index contributed by atoms with van der Waals surface area (Å²) < 4.78 is 34.9. The first-order valence-corrected chi connectivity index (χ1v) is 18.1. The molecular weight excluding hydrogens is 738 g/mol. The molecule has 2 aliphatic carbocycles. The molecule has 3 aliphatic heterocycles. The number of benzene rings is 1. The highest BCUT2D eigenvalue weighted by Gasteiger charge is 2.70. The Morgan fingerprint density at radius 1 is 0.909 bits per heavy atom. The quantitative estimate of drug-likeness (QED) is 0.111. The van der Waals surface area contributed by atoms with Crippen molar-refractivity contribution in [3.63, 3.8) is 0 Å². The lowest BCUT2D eigenvalue weighted by molar-refractivity contribution is -0.311. The number of rotatable bonds is 8. The van der Waals surface area contributed by atoms with Gasteiger partial charge in [-0.05, 0) is 37.1 Å². The minimum absolute atomic E-state index is 0.0556. The highest BCUT2D eigenvalue weighted by Crippen LogP contribution is 2.52. The molecule has 20 heteroatoms. The van der Waals surface area contributed by atoms with Crippen molar-refractivity contribution in [1.29, 1.82) is 0 Å². The lowest BCUT2D eigenvalue weighted by Gasteiger charge is -2.47. The minimum Gasteiger partial charge on any atom is -0.508 e. The number of ether oxygens (including phenoxy) is 6. The van der Waals surface area contributed by atoms with Crippen LogP contribution in [0.15, 0.2) is 24.3 Å². The van der Waals surface area contributed by atoms with Crippen molar-refractivity contribution in [1.82, 2.24) is 5.32 Å². The second-order valence-electron chi connectivity index (χ2n) is 15.2. The highest BCUT2D eigenvalue weighted by molar-refractivity contribution is 5.89. The van der Waals surface area contributed by atoms with Crippen LogP contribution in [0.2, 0.25) is 0 Å². The molecule has 6 rings (SSSR count). The van der Waals surface area contributed by atoms with Crippen LogP contribution in [-0.4, -0.2) is 179 Å². The van der Waals surface area contributed by atoms with Crippen LogP contribution in [0.3, 0.4) is 0 Å². The lowest BCUT2D eigenvalue weighted by atomic mass is 9.71. The van der Waals surface area contributed by atoms with E-state index in [1.54, 1.807) is 6.92 Å². The van der Waals surface area contributed by atoms with Gasteiger partial charge in [-0.1, -0.05) is 6.92 Å². The number of fused-ring (bicyclic) bond motifs is 1. The van der Waals surface area contributed by atoms with Gasteiger partial charge < -0.3 is 84.8 Å². The topological polar surface area (TPSA) is 321 Å². The van der Waals surface area contributed by atoms with Crippen LogP contribution in [0.5, 0.6) is 5.75 Å². The molecule has 0 radical (unpaired) electrons. The van der Waals surface area contributed by atoms with Gasteiger partial charge in [-0.2, -0.15) is 0 Å². The van der Waals surface area contributed by atoms with Gasteiger partial charge in [-0.25, -0.2) is 4.79 Å². The van der Waals surface area contributed by atoms with Gasteiger partial charge in [0.05, 0.1) is 43.0 Å². The molecule has 308 valence electrons. The van der Waals surface area contributed by atoms with E-state index >= 15 is 0 Å². The molecule has 1 unspecified atom stereocenters. The van der Waals surface area contributed by atoms with E-state index in [2.05, 4.69) is 5.32 Å².